The van der Waals surface area contributed by atoms with Crippen molar-refractivity contribution in [1.29, 1.82) is 0 Å². The number of benzene rings is 1. The van der Waals surface area contributed by atoms with Gasteiger partial charge >= 0.3 is 0 Å². The predicted octanol–water partition coefficient (Wildman–Crippen LogP) is 3.60. The molecule has 4 nitrogen and oxygen atoms in total. The summed E-state index contributed by atoms with van der Waals surface area (Å²) in [5, 5.41) is 0. The fraction of sp³-hybridized carbons (Fsp3) is 0.125. The maximum Gasteiger partial charge on any atom is 0.118 e. The van der Waals surface area contributed by atoms with E-state index in [1.54, 1.807) is 36.8 Å². The highest BCUT2D eigenvalue weighted by molar-refractivity contribution is 8.29. The van der Waals surface area contributed by atoms with Gasteiger partial charge in [0, 0.05) is 4.90 Å². The van der Waals surface area contributed by atoms with Crippen LogP contribution in [0.1, 0.15) is 28.6 Å². The van der Waals surface area contributed by atoms with E-state index in [1.807, 2.05) is 19.1 Å². The van der Waals surface area contributed by atoms with Gasteiger partial charge in [-0.2, -0.15) is 0 Å². The molecule has 6 heteroatoms. The van der Waals surface area contributed by atoms with Gasteiger partial charge in [-0.25, -0.2) is 0 Å². The molecule has 22 heavy (non-hydrogen) atoms. The van der Waals surface area contributed by atoms with E-state index in [4.69, 9.17) is 8.83 Å². The Kier molecular flexibility index (Phi) is 3.90. The summed E-state index contributed by atoms with van der Waals surface area (Å²) in [6, 6.07) is 12.1. The zero-order valence-corrected chi connectivity index (χ0v) is 13.4. The van der Waals surface area contributed by atoms with Crippen molar-refractivity contribution in [3.05, 3.63) is 77.6 Å². The van der Waals surface area contributed by atoms with Gasteiger partial charge in [0.25, 0.3) is 0 Å². The van der Waals surface area contributed by atoms with Crippen molar-refractivity contribution in [3.8, 4) is 0 Å². The second-order valence-corrected chi connectivity index (χ2v) is 7.63. The molecule has 0 amide bonds. The first-order valence-corrected chi connectivity index (χ1v) is 9.01. The molecule has 114 valence electrons. The van der Waals surface area contributed by atoms with E-state index in [0.717, 1.165) is 11.1 Å². The lowest BCUT2D eigenvalue weighted by Gasteiger charge is -2.19. The van der Waals surface area contributed by atoms with Crippen LogP contribution in [0.25, 0.3) is 0 Å². The molecule has 0 spiro atoms. The first-order valence-electron chi connectivity index (χ1n) is 6.60. The smallest absolute Gasteiger partial charge is 0.118 e. The van der Waals surface area contributed by atoms with Crippen molar-refractivity contribution in [1.82, 2.24) is 0 Å². The lowest BCUT2D eigenvalue weighted by molar-refractivity contribution is 0.448. The Balaban J connectivity index is 2.21. The molecular formula is C16H13O4S2-. The van der Waals surface area contributed by atoms with Crippen LogP contribution < -0.4 is 0 Å². The topological polar surface area (TPSA) is 66.4 Å². The first-order chi connectivity index (χ1) is 10.5. The van der Waals surface area contributed by atoms with Crippen LogP contribution in [0.5, 0.6) is 0 Å². The quantitative estimate of drug-likeness (QED) is 0.730. The second-order valence-electron chi connectivity index (χ2n) is 4.94. The van der Waals surface area contributed by atoms with Gasteiger partial charge in [-0.15, -0.1) is 0 Å². The third-order valence-electron chi connectivity index (χ3n) is 3.51. The molecule has 2 heterocycles. The third-order valence-corrected chi connectivity index (χ3v) is 4.91. The molecule has 1 unspecified atom stereocenters. The molecule has 1 aromatic carbocycles. The van der Waals surface area contributed by atoms with E-state index in [-0.39, 0.29) is 10.8 Å². The number of hydrogen-bond acceptors (Lipinski definition) is 5. The zero-order chi connectivity index (χ0) is 15.7. The lowest BCUT2D eigenvalue weighted by Crippen LogP contribution is -2.06. The zero-order valence-electron chi connectivity index (χ0n) is 11.7. The van der Waals surface area contributed by atoms with E-state index in [1.165, 1.54) is 6.07 Å². The molecule has 0 aliphatic heterocycles. The van der Waals surface area contributed by atoms with E-state index in [2.05, 4.69) is 11.2 Å². The van der Waals surface area contributed by atoms with Gasteiger partial charge < -0.3 is 13.4 Å². The van der Waals surface area contributed by atoms with Crippen LogP contribution in [0.3, 0.4) is 0 Å². The predicted molar refractivity (Wildman–Crippen MR) is 84.1 cm³/mol. The summed E-state index contributed by atoms with van der Waals surface area (Å²) in [6.45, 7) is 1.91. The minimum atomic E-state index is -3.69. The van der Waals surface area contributed by atoms with E-state index < -0.39 is 8.77 Å². The van der Waals surface area contributed by atoms with Gasteiger partial charge in [-0.05, 0) is 74.4 Å². The van der Waals surface area contributed by atoms with Crippen molar-refractivity contribution in [3.63, 3.8) is 0 Å². The van der Waals surface area contributed by atoms with E-state index in [9.17, 15) is 8.76 Å². The van der Waals surface area contributed by atoms with E-state index >= 15 is 0 Å². The lowest BCUT2D eigenvalue weighted by atomic mass is 9.90. The van der Waals surface area contributed by atoms with Gasteiger partial charge in [-0.3, -0.25) is 4.21 Å². The molecule has 1 atom stereocenters. The SMILES string of the molecule is Cc1ccc(S(=O)([O-])=S)cc1C(c1ccco1)c1ccco1. The molecule has 0 aliphatic rings. The molecule has 0 bridgehead atoms. The molecular weight excluding hydrogens is 320 g/mol. The number of aryl methyl sites for hydroxylation is 1. The molecule has 0 radical (unpaired) electrons. The fourth-order valence-corrected chi connectivity index (χ4v) is 3.26. The summed E-state index contributed by atoms with van der Waals surface area (Å²) in [5.41, 5.74) is 1.72. The van der Waals surface area contributed by atoms with Crippen molar-refractivity contribution in [2.75, 3.05) is 0 Å². The molecule has 0 aliphatic carbocycles. The molecule has 3 aromatic rings. The Labute approximate surface area is 133 Å². The monoisotopic (exact) mass is 333 g/mol. The van der Waals surface area contributed by atoms with Gasteiger partial charge in [-0.1, -0.05) is 6.07 Å². The minimum Gasteiger partial charge on any atom is -0.766 e. The van der Waals surface area contributed by atoms with E-state index in [0.29, 0.717) is 11.5 Å². The molecule has 2 aromatic heterocycles. The van der Waals surface area contributed by atoms with Crippen LogP contribution in [0.15, 0.2) is 68.7 Å². The first kappa shape index (κ1) is 15.0. The normalized spacial score (nSPS) is 14.1. The highest BCUT2D eigenvalue weighted by atomic mass is 32.8. The van der Waals surface area contributed by atoms with Crippen LogP contribution in [-0.4, -0.2) is 8.76 Å². The fourth-order valence-electron chi connectivity index (χ4n) is 2.44. The Morgan fingerprint density at radius 1 is 1.09 bits per heavy atom. The molecule has 3 rings (SSSR count). The second kappa shape index (κ2) is 5.72. The van der Waals surface area contributed by atoms with Gasteiger partial charge in [0.1, 0.15) is 17.4 Å². The highest BCUT2D eigenvalue weighted by Gasteiger charge is 2.24. The average Bonchev–Trinajstić information content (AvgIpc) is 3.13. The number of hydrogen-bond donors (Lipinski definition) is 0. The maximum atomic E-state index is 11.7. The number of rotatable bonds is 4. The molecule has 0 N–H and O–H groups in total. The van der Waals surface area contributed by atoms with Crippen LogP contribution in [0.2, 0.25) is 0 Å². The summed E-state index contributed by atoms with van der Waals surface area (Å²) < 4.78 is 34.4. The van der Waals surface area contributed by atoms with Crippen LogP contribution in [0.4, 0.5) is 0 Å². The largest absolute Gasteiger partial charge is 0.766 e. The number of furan rings is 2. The van der Waals surface area contributed by atoms with Crippen LogP contribution in [0, 0.1) is 6.92 Å². The van der Waals surface area contributed by atoms with Gasteiger partial charge in [0.15, 0.2) is 0 Å². The van der Waals surface area contributed by atoms with Crippen molar-refractivity contribution >= 4 is 20.0 Å². The average molecular weight is 333 g/mol. The maximum absolute atomic E-state index is 11.7. The van der Waals surface area contributed by atoms with Crippen LogP contribution in [-0.2, 0) is 20.0 Å². The van der Waals surface area contributed by atoms with Gasteiger partial charge in [0.2, 0.25) is 0 Å². The Morgan fingerprint density at radius 3 is 2.14 bits per heavy atom. The summed E-state index contributed by atoms with van der Waals surface area (Å²) >= 11 is 4.57. The molecule has 0 fully saturated rings. The third kappa shape index (κ3) is 2.85. The van der Waals surface area contributed by atoms with Crippen LogP contribution >= 0.6 is 0 Å². The summed E-state index contributed by atoms with van der Waals surface area (Å²) in [5.74, 6) is 1.04. The summed E-state index contributed by atoms with van der Waals surface area (Å²) in [4.78, 5) is 0.103. The van der Waals surface area contributed by atoms with Crippen molar-refractivity contribution < 1.29 is 17.6 Å². The Hall–Kier alpha value is -1.89. The van der Waals surface area contributed by atoms with Gasteiger partial charge in [0.05, 0.1) is 12.5 Å². The molecule has 0 saturated carbocycles. The Bertz CT molecular complexity index is 829. The van der Waals surface area contributed by atoms with Crippen molar-refractivity contribution in [2.24, 2.45) is 0 Å². The molecule has 0 saturated heterocycles. The Morgan fingerprint density at radius 2 is 1.68 bits per heavy atom. The van der Waals surface area contributed by atoms with Crippen molar-refractivity contribution in [2.45, 2.75) is 17.7 Å². The summed E-state index contributed by atoms with van der Waals surface area (Å²) in [7, 11) is -3.69. The highest BCUT2D eigenvalue weighted by Crippen LogP contribution is 2.35. The standard InChI is InChI=1S/C16H14O4S2/c1-11-6-7-12(22(17,18)21)10-13(11)16(14-4-2-8-19-14)15-5-3-9-20-15/h2-10,16H,1H3,(H,17,18,21)/p-1. The summed E-state index contributed by atoms with van der Waals surface area (Å²) in [6.07, 6.45) is 3.16. The minimum absolute atomic E-state index is 0.103.